The third-order valence-electron chi connectivity index (χ3n) is 5.49. The van der Waals surface area contributed by atoms with Crippen molar-refractivity contribution in [2.45, 2.75) is 51.8 Å². The lowest BCUT2D eigenvalue weighted by Crippen LogP contribution is -2.75. The summed E-state index contributed by atoms with van der Waals surface area (Å²) in [5, 5.41) is 3.03. The highest BCUT2D eigenvalue weighted by atomic mass is 35.5. The van der Waals surface area contributed by atoms with Crippen LogP contribution in [0, 0.1) is 5.41 Å². The first-order valence-electron chi connectivity index (χ1n) is 8.64. The number of benzene rings is 1. The summed E-state index contributed by atoms with van der Waals surface area (Å²) in [5.74, 6) is 1.12. The normalized spacial score (nSPS) is 24.7. The second-order valence-electron chi connectivity index (χ2n) is 7.15. The molecule has 0 aliphatic heterocycles. The van der Waals surface area contributed by atoms with Crippen LogP contribution in [0.4, 0.5) is 0 Å². The van der Waals surface area contributed by atoms with Gasteiger partial charge in [0.25, 0.3) is 0 Å². The first-order chi connectivity index (χ1) is 11.7. The highest BCUT2D eigenvalue weighted by Gasteiger charge is 2.62. The summed E-state index contributed by atoms with van der Waals surface area (Å²) < 4.78 is 16.3. The van der Waals surface area contributed by atoms with Crippen molar-refractivity contribution in [3.05, 3.63) is 23.8 Å². The summed E-state index contributed by atoms with van der Waals surface area (Å²) in [6.07, 6.45) is 0.530. The quantitative estimate of drug-likeness (QED) is 0.752. The maximum atomic E-state index is 12.8. The van der Waals surface area contributed by atoms with E-state index in [1.807, 2.05) is 45.9 Å². The van der Waals surface area contributed by atoms with Crippen LogP contribution >= 0.6 is 12.4 Å². The Labute approximate surface area is 162 Å². The summed E-state index contributed by atoms with van der Waals surface area (Å²) in [5.41, 5.74) is 6.02. The fourth-order valence-corrected chi connectivity index (χ4v) is 3.35. The molecule has 0 radical (unpaired) electrons. The number of carbonyl (C=O) groups is 1. The smallest absolute Gasteiger partial charge is 0.241 e. The van der Waals surface area contributed by atoms with Gasteiger partial charge in [0, 0.05) is 18.4 Å². The van der Waals surface area contributed by atoms with Crippen molar-refractivity contribution >= 4 is 18.3 Å². The van der Waals surface area contributed by atoms with Gasteiger partial charge in [-0.3, -0.25) is 4.79 Å². The minimum absolute atomic E-state index is 0. The molecule has 1 aliphatic carbocycles. The first kappa shape index (κ1) is 22.5. The Morgan fingerprint density at radius 2 is 1.92 bits per heavy atom. The van der Waals surface area contributed by atoms with Crippen molar-refractivity contribution in [3.63, 3.8) is 0 Å². The minimum Gasteiger partial charge on any atom is -0.493 e. The van der Waals surface area contributed by atoms with Crippen LogP contribution in [0.15, 0.2) is 18.2 Å². The van der Waals surface area contributed by atoms with Gasteiger partial charge < -0.3 is 25.3 Å². The van der Waals surface area contributed by atoms with Gasteiger partial charge in [0.1, 0.15) is 5.54 Å². The Bertz CT molecular complexity index is 638. The molecule has 7 heteroatoms. The van der Waals surface area contributed by atoms with Crippen LogP contribution in [0.25, 0.3) is 0 Å². The zero-order chi connectivity index (χ0) is 18.8. The van der Waals surface area contributed by atoms with E-state index < -0.39 is 11.0 Å². The van der Waals surface area contributed by atoms with Crippen molar-refractivity contribution in [1.82, 2.24) is 5.32 Å². The maximum Gasteiger partial charge on any atom is 0.241 e. The molecule has 0 heterocycles. The van der Waals surface area contributed by atoms with E-state index in [0.29, 0.717) is 24.5 Å². The lowest BCUT2D eigenvalue weighted by molar-refractivity contribution is -0.171. The Kier molecular flexibility index (Phi) is 7.33. The number of methoxy groups -OCH3 is 2. The molecule has 1 aliphatic rings. The van der Waals surface area contributed by atoms with Gasteiger partial charge in [-0.1, -0.05) is 19.9 Å². The second-order valence-corrected chi connectivity index (χ2v) is 7.15. The molecule has 3 unspecified atom stereocenters. The molecule has 0 spiro atoms. The predicted octanol–water partition coefficient (Wildman–Crippen LogP) is 2.84. The molecule has 0 aromatic heterocycles. The van der Waals surface area contributed by atoms with E-state index in [2.05, 4.69) is 5.32 Å². The number of rotatable bonds is 7. The molecule has 6 nitrogen and oxygen atoms in total. The lowest BCUT2D eigenvalue weighted by Gasteiger charge is -2.57. The Hall–Kier alpha value is -1.50. The largest absolute Gasteiger partial charge is 0.493 e. The molecule has 1 aromatic rings. The SMILES string of the molecule is CCOC1CC(N)(C(=O)NC(C)c2ccc(OC)c(OC)c2)C1(C)C.Cl. The molecule has 0 bridgehead atoms. The Morgan fingerprint density at radius 3 is 2.42 bits per heavy atom. The molecule has 3 N–H and O–H groups in total. The zero-order valence-electron chi connectivity index (χ0n) is 16.4. The molecular formula is C19H31ClN2O4. The first-order valence-corrected chi connectivity index (χ1v) is 8.64. The molecule has 3 atom stereocenters. The molecule has 1 amide bonds. The maximum absolute atomic E-state index is 12.8. The molecule has 26 heavy (non-hydrogen) atoms. The molecule has 1 saturated carbocycles. The summed E-state index contributed by atoms with van der Waals surface area (Å²) in [6, 6.07) is 5.40. The van der Waals surface area contributed by atoms with E-state index in [-0.39, 0.29) is 30.5 Å². The summed E-state index contributed by atoms with van der Waals surface area (Å²) in [6.45, 7) is 8.46. The zero-order valence-corrected chi connectivity index (χ0v) is 17.2. The molecule has 1 aromatic carbocycles. The summed E-state index contributed by atoms with van der Waals surface area (Å²) in [7, 11) is 3.18. The second kappa shape index (κ2) is 8.46. The number of hydrogen-bond acceptors (Lipinski definition) is 5. The van der Waals surface area contributed by atoms with Gasteiger partial charge in [-0.25, -0.2) is 0 Å². The molecule has 1 fully saturated rings. The molecule has 0 saturated heterocycles. The minimum atomic E-state index is -0.933. The van der Waals surface area contributed by atoms with Crippen molar-refractivity contribution in [1.29, 1.82) is 0 Å². The van der Waals surface area contributed by atoms with Crippen LogP contribution in [0.1, 0.15) is 45.7 Å². The monoisotopic (exact) mass is 386 g/mol. The Balaban J connectivity index is 0.00000338. The highest BCUT2D eigenvalue weighted by molar-refractivity contribution is 5.89. The average Bonchev–Trinajstić information content (AvgIpc) is 2.60. The van der Waals surface area contributed by atoms with E-state index in [9.17, 15) is 4.79 Å². The third-order valence-corrected chi connectivity index (χ3v) is 5.49. The van der Waals surface area contributed by atoms with E-state index >= 15 is 0 Å². The molecule has 148 valence electrons. The van der Waals surface area contributed by atoms with Crippen molar-refractivity contribution in [3.8, 4) is 11.5 Å². The number of amides is 1. The summed E-state index contributed by atoms with van der Waals surface area (Å²) in [4.78, 5) is 12.8. The number of ether oxygens (including phenoxy) is 3. The van der Waals surface area contributed by atoms with Gasteiger partial charge in [-0.05, 0) is 31.5 Å². The van der Waals surface area contributed by atoms with Crippen LogP contribution < -0.4 is 20.5 Å². The number of halogens is 1. The fraction of sp³-hybridized carbons (Fsp3) is 0.632. The van der Waals surface area contributed by atoms with Crippen LogP contribution in [0.2, 0.25) is 0 Å². The van der Waals surface area contributed by atoms with Crippen molar-refractivity contribution < 1.29 is 19.0 Å². The highest BCUT2D eigenvalue weighted by Crippen LogP contribution is 2.50. The van der Waals surface area contributed by atoms with Crippen molar-refractivity contribution in [2.75, 3.05) is 20.8 Å². The number of hydrogen-bond donors (Lipinski definition) is 2. The lowest BCUT2D eigenvalue weighted by atomic mass is 9.54. The van der Waals surface area contributed by atoms with Crippen LogP contribution in [0.3, 0.4) is 0 Å². The topological polar surface area (TPSA) is 82.8 Å². The summed E-state index contributed by atoms with van der Waals surface area (Å²) >= 11 is 0. The van der Waals surface area contributed by atoms with Gasteiger partial charge in [0.2, 0.25) is 5.91 Å². The third kappa shape index (κ3) is 3.77. The van der Waals surface area contributed by atoms with E-state index in [4.69, 9.17) is 19.9 Å². The van der Waals surface area contributed by atoms with Crippen molar-refractivity contribution in [2.24, 2.45) is 11.1 Å². The van der Waals surface area contributed by atoms with Gasteiger partial charge in [-0.15, -0.1) is 12.4 Å². The Morgan fingerprint density at radius 1 is 1.31 bits per heavy atom. The fourth-order valence-electron chi connectivity index (χ4n) is 3.35. The predicted molar refractivity (Wildman–Crippen MR) is 104 cm³/mol. The van der Waals surface area contributed by atoms with Crippen LogP contribution in [-0.4, -0.2) is 38.4 Å². The molecule has 2 rings (SSSR count). The van der Waals surface area contributed by atoms with Gasteiger partial charge in [0.05, 0.1) is 26.4 Å². The number of nitrogens with two attached hydrogens (primary N) is 1. The number of carbonyl (C=O) groups excluding carboxylic acids is 1. The van der Waals surface area contributed by atoms with E-state index in [0.717, 1.165) is 5.56 Å². The van der Waals surface area contributed by atoms with Gasteiger partial charge in [0.15, 0.2) is 11.5 Å². The average molecular weight is 387 g/mol. The van der Waals surface area contributed by atoms with Crippen LogP contribution in [-0.2, 0) is 9.53 Å². The van der Waals surface area contributed by atoms with Gasteiger partial charge >= 0.3 is 0 Å². The number of nitrogens with one attached hydrogen (secondary N) is 1. The van der Waals surface area contributed by atoms with Gasteiger partial charge in [-0.2, -0.15) is 0 Å². The van der Waals surface area contributed by atoms with E-state index in [1.165, 1.54) is 0 Å². The standard InChI is InChI=1S/C19H30N2O4.ClH/c1-7-25-16-11-19(20,18(16,3)4)17(22)21-12(2)13-8-9-14(23-5)15(10-13)24-6;/h8-10,12,16H,7,11,20H2,1-6H3,(H,21,22);1H. The van der Waals surface area contributed by atoms with E-state index in [1.54, 1.807) is 14.2 Å². The van der Waals surface area contributed by atoms with Crippen LogP contribution in [0.5, 0.6) is 11.5 Å². The molecular weight excluding hydrogens is 356 g/mol.